The fourth-order valence-corrected chi connectivity index (χ4v) is 7.08. The van der Waals surface area contributed by atoms with E-state index in [1.54, 1.807) is 0 Å². The highest BCUT2D eigenvalue weighted by molar-refractivity contribution is 6.35. The molecule has 0 aliphatic carbocycles. The van der Waals surface area contributed by atoms with Crippen LogP contribution >= 0.6 is 0 Å². The second-order valence-electron chi connectivity index (χ2n) is 12.2. The molecule has 0 saturated carbocycles. The van der Waals surface area contributed by atoms with Crippen molar-refractivity contribution in [2.45, 2.75) is 6.17 Å². The van der Waals surface area contributed by atoms with Crippen LogP contribution in [0, 0.1) is 0 Å². The Morgan fingerprint density at radius 1 is 0.653 bits per heavy atom. The van der Waals surface area contributed by atoms with E-state index in [1.807, 2.05) is 60.8 Å². The van der Waals surface area contributed by atoms with Gasteiger partial charge in [0.2, 0.25) is 0 Å². The third-order valence-corrected chi connectivity index (χ3v) is 9.31. The van der Waals surface area contributed by atoms with Crippen LogP contribution in [0.15, 0.2) is 179 Å². The molecule has 0 bridgehead atoms. The number of nitrogens with one attached hydrogen (secondary N) is 1. The minimum absolute atomic E-state index is 0.372. The number of rotatable bonds is 7. The molecular weight excluding hydrogens is 599 g/mol. The lowest BCUT2D eigenvalue weighted by molar-refractivity contribution is 0.670. The molecule has 0 spiro atoms. The number of aromatic nitrogens is 1. The van der Waals surface area contributed by atoms with Crippen molar-refractivity contribution in [1.82, 2.24) is 9.88 Å². The highest BCUT2D eigenvalue weighted by Crippen LogP contribution is 2.45. The summed E-state index contributed by atoms with van der Waals surface area (Å²) in [5, 5.41) is 10.7. The molecule has 0 aliphatic heterocycles. The zero-order valence-electron chi connectivity index (χ0n) is 26.7. The number of hydrogen-bond donors (Lipinski definition) is 1. The first kappa shape index (κ1) is 28.6. The average Bonchev–Trinajstić information content (AvgIpc) is 3.73. The maximum Gasteiger partial charge on any atom is 0.160 e. The number of hydrogen-bond acceptors (Lipinski definition) is 3. The third kappa shape index (κ3) is 4.82. The Morgan fingerprint density at radius 3 is 2.00 bits per heavy atom. The van der Waals surface area contributed by atoms with Crippen molar-refractivity contribution < 1.29 is 4.42 Å². The smallest absolute Gasteiger partial charge is 0.160 e. The molecule has 1 N–H and O–H groups in total. The van der Waals surface area contributed by atoms with Crippen molar-refractivity contribution in [2.75, 3.05) is 0 Å². The Bertz CT molecular complexity index is 2730. The van der Waals surface area contributed by atoms with Crippen molar-refractivity contribution in [3.63, 3.8) is 0 Å². The lowest BCUT2D eigenvalue weighted by atomic mass is 9.99. The largest absolute Gasteiger partial charge is 0.454 e. The number of benzene rings is 7. The lowest BCUT2D eigenvalue weighted by Gasteiger charge is -2.19. The summed E-state index contributed by atoms with van der Waals surface area (Å²) in [5.41, 5.74) is 12.0. The molecule has 4 heteroatoms. The summed E-state index contributed by atoms with van der Waals surface area (Å²) in [6.07, 6.45) is 1.54. The van der Waals surface area contributed by atoms with Gasteiger partial charge in [0, 0.05) is 39.0 Å². The van der Waals surface area contributed by atoms with Gasteiger partial charge in [-0.25, -0.2) is 0 Å². The van der Waals surface area contributed by atoms with E-state index >= 15 is 0 Å². The molecule has 4 nitrogen and oxygen atoms in total. The molecule has 0 amide bonds. The van der Waals surface area contributed by atoms with E-state index in [0.29, 0.717) is 0 Å². The zero-order chi connectivity index (χ0) is 32.7. The van der Waals surface area contributed by atoms with E-state index < -0.39 is 0 Å². The van der Waals surface area contributed by atoms with Gasteiger partial charge < -0.3 is 14.3 Å². The molecular formula is C45H31N3O. The van der Waals surface area contributed by atoms with E-state index in [-0.39, 0.29) is 6.17 Å². The average molecular weight is 630 g/mol. The minimum atomic E-state index is -0.372. The maximum atomic E-state index is 6.73. The lowest BCUT2D eigenvalue weighted by Crippen LogP contribution is -2.18. The van der Waals surface area contributed by atoms with Gasteiger partial charge in [-0.1, -0.05) is 140 Å². The van der Waals surface area contributed by atoms with Crippen molar-refractivity contribution in [3.05, 3.63) is 187 Å². The first-order valence-electron chi connectivity index (χ1n) is 16.4. The van der Waals surface area contributed by atoms with Crippen LogP contribution in [0.5, 0.6) is 0 Å². The standard InChI is InChI=1S/C45H31N3O/c1-2-38(31-17-7-4-8-18-31)47-45(46-29-30-15-5-3-6-16-30)32-25-27-33(28-26-32)48-39-23-13-11-21-36(39)41-34-19-9-10-20-35(34)42-37-22-12-14-24-40(37)49-44(42)43(41)48/h3-29,45,47H,1H2/b46-29+. The van der Waals surface area contributed by atoms with E-state index in [9.17, 15) is 0 Å². The molecule has 7 aromatic carbocycles. The van der Waals surface area contributed by atoms with Gasteiger partial charge in [-0.05, 0) is 46.2 Å². The Hall–Kier alpha value is -6.61. The first-order chi connectivity index (χ1) is 24.3. The fourth-order valence-electron chi connectivity index (χ4n) is 7.08. The molecule has 0 saturated heterocycles. The highest BCUT2D eigenvalue weighted by Gasteiger charge is 2.23. The Labute approximate surface area is 283 Å². The van der Waals surface area contributed by atoms with Crippen LogP contribution in [0.1, 0.15) is 22.9 Å². The number of para-hydroxylation sites is 2. The number of nitrogens with zero attached hydrogens (tertiary/aromatic N) is 2. The molecule has 9 rings (SSSR count). The van der Waals surface area contributed by atoms with Gasteiger partial charge in [-0.3, -0.25) is 4.99 Å². The topological polar surface area (TPSA) is 42.5 Å². The molecule has 2 aromatic heterocycles. The molecule has 9 aromatic rings. The molecule has 232 valence electrons. The summed E-state index contributed by atoms with van der Waals surface area (Å²) in [6.45, 7) is 3.98. The van der Waals surface area contributed by atoms with E-state index in [0.717, 1.165) is 61.0 Å². The normalized spacial score (nSPS) is 12.3. The van der Waals surface area contributed by atoms with Crippen LogP contribution < -0.4 is 5.32 Å². The Morgan fingerprint density at radius 2 is 1.27 bits per heavy atom. The van der Waals surface area contributed by atoms with Crippen molar-refractivity contribution in [3.8, 4) is 5.69 Å². The fraction of sp³-hybridized carbons (Fsp3) is 0.0222. The molecule has 1 unspecified atom stereocenters. The summed E-state index contributed by atoms with van der Waals surface area (Å²) in [4.78, 5) is 5.02. The maximum absolute atomic E-state index is 6.73. The van der Waals surface area contributed by atoms with Crippen LogP contribution in [0.4, 0.5) is 0 Å². The number of furan rings is 1. The molecule has 0 aliphatic rings. The quantitative estimate of drug-likeness (QED) is 0.141. The number of aliphatic imine (C=N–C) groups is 1. The van der Waals surface area contributed by atoms with Gasteiger partial charge >= 0.3 is 0 Å². The molecule has 0 radical (unpaired) electrons. The summed E-state index contributed by atoms with van der Waals surface area (Å²) >= 11 is 0. The van der Waals surface area contributed by atoms with Crippen LogP contribution in [0.3, 0.4) is 0 Å². The predicted octanol–water partition coefficient (Wildman–Crippen LogP) is 11.4. The summed E-state index contributed by atoms with van der Waals surface area (Å²) in [7, 11) is 0. The summed E-state index contributed by atoms with van der Waals surface area (Å²) in [5.74, 6) is 0. The summed E-state index contributed by atoms with van der Waals surface area (Å²) < 4.78 is 9.08. The van der Waals surface area contributed by atoms with Crippen LogP contribution in [-0.4, -0.2) is 10.8 Å². The molecule has 0 fully saturated rings. The summed E-state index contributed by atoms with van der Waals surface area (Å²) in [6, 6.07) is 54.6. The third-order valence-electron chi connectivity index (χ3n) is 9.31. The molecule has 2 heterocycles. The SMILES string of the molecule is C=C=C(NC(/N=C/c1ccccc1)c1ccc(-n2c3ccccc3c3c4ccccc4c4c5ccccc5oc4c32)cc1)c1ccccc1. The van der Waals surface area contributed by atoms with Gasteiger partial charge in [0.15, 0.2) is 5.58 Å². The Kier molecular flexibility index (Phi) is 6.93. The van der Waals surface area contributed by atoms with Crippen molar-refractivity contribution in [1.29, 1.82) is 0 Å². The molecule has 49 heavy (non-hydrogen) atoms. The molecule has 1 atom stereocenters. The van der Waals surface area contributed by atoms with E-state index in [2.05, 4.69) is 125 Å². The van der Waals surface area contributed by atoms with E-state index in [4.69, 9.17) is 9.41 Å². The minimum Gasteiger partial charge on any atom is -0.454 e. The van der Waals surface area contributed by atoms with Gasteiger partial charge in [-0.2, -0.15) is 0 Å². The van der Waals surface area contributed by atoms with Gasteiger partial charge in [0.25, 0.3) is 0 Å². The second-order valence-corrected chi connectivity index (χ2v) is 12.2. The monoisotopic (exact) mass is 629 g/mol. The van der Waals surface area contributed by atoms with Crippen LogP contribution in [-0.2, 0) is 0 Å². The van der Waals surface area contributed by atoms with Crippen LogP contribution in [0.2, 0.25) is 0 Å². The van der Waals surface area contributed by atoms with Gasteiger partial charge in [0.1, 0.15) is 11.7 Å². The zero-order valence-corrected chi connectivity index (χ0v) is 26.7. The Balaban J connectivity index is 1.24. The number of fused-ring (bicyclic) bond motifs is 10. The predicted molar refractivity (Wildman–Crippen MR) is 204 cm³/mol. The second kappa shape index (κ2) is 11.9. The highest BCUT2D eigenvalue weighted by atomic mass is 16.3. The van der Waals surface area contributed by atoms with Gasteiger partial charge in [0.05, 0.1) is 16.7 Å². The first-order valence-corrected chi connectivity index (χ1v) is 16.4. The van der Waals surface area contributed by atoms with Crippen molar-refractivity contribution >= 4 is 66.4 Å². The van der Waals surface area contributed by atoms with Crippen molar-refractivity contribution in [2.24, 2.45) is 4.99 Å². The van der Waals surface area contributed by atoms with E-state index in [1.165, 1.54) is 21.5 Å². The van der Waals surface area contributed by atoms with Crippen LogP contribution in [0.25, 0.3) is 65.9 Å². The van der Waals surface area contributed by atoms with Gasteiger partial charge in [-0.15, -0.1) is 5.73 Å².